The molecule has 0 spiro atoms. The van der Waals surface area contributed by atoms with E-state index in [4.69, 9.17) is 12.6 Å². The molecular weight excluding hydrogens is 215 g/mol. The van der Waals surface area contributed by atoms with Crippen LogP contribution in [0.4, 0.5) is 0 Å². The lowest BCUT2D eigenvalue weighted by atomic mass is 9.97. The minimum Gasteiger partial charge on any atom is -0.489 e. The van der Waals surface area contributed by atoms with Crippen molar-refractivity contribution in [1.29, 1.82) is 0 Å². The van der Waals surface area contributed by atoms with Gasteiger partial charge in [0.15, 0.2) is 0 Å². The molecule has 0 bridgehead atoms. The van der Waals surface area contributed by atoms with Crippen LogP contribution < -0.4 is 10.2 Å². The van der Waals surface area contributed by atoms with Crippen LogP contribution in [-0.4, -0.2) is 18.8 Å². The fourth-order valence-corrected chi connectivity index (χ4v) is 1.30. The summed E-state index contributed by atoms with van der Waals surface area (Å²) in [7, 11) is 5.58. The van der Waals surface area contributed by atoms with Crippen LogP contribution in [0.25, 0.3) is 0 Å². The zero-order chi connectivity index (χ0) is 10.5. The molecule has 3 nitrogen and oxygen atoms in total. The van der Waals surface area contributed by atoms with E-state index in [1.165, 1.54) is 0 Å². The van der Waals surface area contributed by atoms with Gasteiger partial charge in [-0.3, -0.25) is 0 Å². The Morgan fingerprint density at radius 1 is 0.824 bits per heavy atom. The molecule has 4 heteroatoms. The highest BCUT2D eigenvalue weighted by atomic mass is 16.5. The van der Waals surface area contributed by atoms with Crippen molar-refractivity contribution in [2.24, 2.45) is 0 Å². The highest BCUT2D eigenvalue weighted by Crippen LogP contribution is 2.10. The van der Waals surface area contributed by atoms with Gasteiger partial charge in [-0.1, -0.05) is 47.9 Å². The van der Waals surface area contributed by atoms with E-state index in [-0.39, 0.29) is 11.0 Å². The third-order valence-corrected chi connectivity index (χ3v) is 2.13. The highest BCUT2D eigenvalue weighted by Gasteiger charge is 1.94. The van der Waals surface area contributed by atoms with Crippen LogP contribution in [0, 0.1) is 0 Å². The Hall–Kier alpha value is -1.78. The molecule has 0 aromatic heterocycles. The van der Waals surface area contributed by atoms with Gasteiger partial charge in [-0.05, 0) is 17.7 Å². The molecule has 88 valence electrons. The largest absolute Gasteiger partial charge is 0.489 e. The maximum Gasteiger partial charge on any atom is 0.119 e. The number of rotatable bonds is 3. The van der Waals surface area contributed by atoms with Gasteiger partial charge in [-0.2, -0.15) is 0 Å². The fraction of sp³-hybridized carbons (Fsp3) is 0.0769. The van der Waals surface area contributed by atoms with Crippen LogP contribution in [0.5, 0.6) is 5.75 Å². The number of hydrogen-bond acceptors (Lipinski definition) is 1. The molecule has 0 aliphatic heterocycles. The molecule has 0 fully saturated rings. The Morgan fingerprint density at radius 3 is 2.00 bits per heavy atom. The topological polar surface area (TPSA) is 72.2 Å². The maximum absolute atomic E-state index is 5.59. The van der Waals surface area contributed by atoms with Gasteiger partial charge >= 0.3 is 0 Å². The molecule has 2 radical (unpaired) electrons. The number of benzene rings is 2. The summed E-state index contributed by atoms with van der Waals surface area (Å²) >= 11 is 0. The lowest BCUT2D eigenvalue weighted by Crippen LogP contribution is -2.01. The van der Waals surface area contributed by atoms with Crippen LogP contribution in [0.3, 0.4) is 0 Å². The number of ether oxygens (including phenoxy) is 1. The SMILES string of the molecule is O.O.[B]c1ccc(OCc2ccccc2)cc1. The minimum atomic E-state index is 0. The van der Waals surface area contributed by atoms with Gasteiger partial charge in [0.2, 0.25) is 0 Å². The van der Waals surface area contributed by atoms with Crippen LogP contribution in [0.15, 0.2) is 54.6 Å². The van der Waals surface area contributed by atoms with E-state index in [2.05, 4.69) is 0 Å². The first-order valence-corrected chi connectivity index (χ1v) is 4.87. The molecule has 2 aromatic rings. The first kappa shape index (κ1) is 15.2. The zero-order valence-electron chi connectivity index (χ0n) is 9.39. The Balaban J connectivity index is 0.00000128. The molecule has 0 saturated carbocycles. The standard InChI is InChI=1S/C13H11BO.2H2O/c14-12-6-8-13(9-7-12)15-10-11-4-2-1-3-5-11;;/h1-9H,10H2;2*1H2. The van der Waals surface area contributed by atoms with E-state index in [0.717, 1.165) is 16.8 Å². The quantitative estimate of drug-likeness (QED) is 0.703. The molecule has 0 heterocycles. The van der Waals surface area contributed by atoms with E-state index in [0.29, 0.717) is 6.61 Å². The van der Waals surface area contributed by atoms with Crippen molar-refractivity contribution >= 4 is 13.3 Å². The van der Waals surface area contributed by atoms with Crippen molar-refractivity contribution in [3.63, 3.8) is 0 Å². The first-order chi connectivity index (χ1) is 7.34. The lowest BCUT2D eigenvalue weighted by Gasteiger charge is -2.06. The summed E-state index contributed by atoms with van der Waals surface area (Å²) in [6.07, 6.45) is 0. The van der Waals surface area contributed by atoms with Crippen LogP contribution in [-0.2, 0) is 6.61 Å². The summed E-state index contributed by atoms with van der Waals surface area (Å²) in [4.78, 5) is 0. The Labute approximate surface area is 102 Å². The molecule has 0 atom stereocenters. The van der Waals surface area contributed by atoms with Gasteiger partial charge in [-0.25, -0.2) is 0 Å². The molecule has 0 amide bonds. The van der Waals surface area contributed by atoms with Crippen LogP contribution in [0.2, 0.25) is 0 Å². The van der Waals surface area contributed by atoms with Gasteiger partial charge in [0.1, 0.15) is 20.2 Å². The summed E-state index contributed by atoms with van der Waals surface area (Å²) in [5.41, 5.74) is 1.91. The molecule has 0 unspecified atom stereocenters. The Bertz CT molecular complexity index is 414. The van der Waals surface area contributed by atoms with Gasteiger partial charge in [0, 0.05) is 0 Å². The van der Waals surface area contributed by atoms with E-state index < -0.39 is 0 Å². The van der Waals surface area contributed by atoms with Crippen molar-refractivity contribution < 1.29 is 15.7 Å². The lowest BCUT2D eigenvalue weighted by molar-refractivity contribution is 0.306. The van der Waals surface area contributed by atoms with Crippen molar-refractivity contribution in [3.05, 3.63) is 60.2 Å². The van der Waals surface area contributed by atoms with E-state index in [1.807, 2.05) is 54.6 Å². The summed E-state index contributed by atoms with van der Waals surface area (Å²) in [5, 5.41) is 0. The molecule has 0 aliphatic carbocycles. The van der Waals surface area contributed by atoms with Gasteiger partial charge in [0.05, 0.1) is 0 Å². The van der Waals surface area contributed by atoms with Crippen molar-refractivity contribution in [1.82, 2.24) is 0 Å². The third-order valence-electron chi connectivity index (χ3n) is 2.13. The van der Waals surface area contributed by atoms with E-state index in [1.54, 1.807) is 0 Å². The average Bonchev–Trinajstić information content (AvgIpc) is 2.30. The summed E-state index contributed by atoms with van der Waals surface area (Å²) in [6, 6.07) is 17.5. The van der Waals surface area contributed by atoms with Crippen molar-refractivity contribution in [2.75, 3.05) is 0 Å². The van der Waals surface area contributed by atoms with Crippen molar-refractivity contribution in [2.45, 2.75) is 6.61 Å². The second-order valence-electron chi connectivity index (χ2n) is 3.34. The monoisotopic (exact) mass is 230 g/mol. The molecule has 2 rings (SSSR count). The maximum atomic E-state index is 5.59. The predicted molar refractivity (Wildman–Crippen MR) is 69.8 cm³/mol. The smallest absolute Gasteiger partial charge is 0.119 e. The third kappa shape index (κ3) is 4.72. The summed E-state index contributed by atoms with van der Waals surface area (Å²) in [5.74, 6) is 0.841. The first-order valence-electron chi connectivity index (χ1n) is 4.87. The van der Waals surface area contributed by atoms with Gasteiger partial charge in [-0.15, -0.1) is 0 Å². The van der Waals surface area contributed by atoms with Gasteiger partial charge < -0.3 is 15.7 Å². The second kappa shape index (κ2) is 7.49. The Morgan fingerprint density at radius 2 is 1.41 bits per heavy atom. The van der Waals surface area contributed by atoms with Crippen molar-refractivity contribution in [3.8, 4) is 5.75 Å². The predicted octanol–water partition coefficient (Wildman–Crippen LogP) is 0.410. The Kier molecular flexibility index (Phi) is 6.71. The molecule has 17 heavy (non-hydrogen) atoms. The normalized spacial score (nSPS) is 8.71. The second-order valence-corrected chi connectivity index (χ2v) is 3.34. The van der Waals surface area contributed by atoms with E-state index >= 15 is 0 Å². The minimum absolute atomic E-state index is 0. The van der Waals surface area contributed by atoms with E-state index in [9.17, 15) is 0 Å². The molecule has 0 aliphatic rings. The summed E-state index contributed by atoms with van der Waals surface area (Å²) in [6.45, 7) is 0.588. The molecule has 4 N–H and O–H groups in total. The van der Waals surface area contributed by atoms with Crippen LogP contribution in [0.1, 0.15) is 5.56 Å². The van der Waals surface area contributed by atoms with Gasteiger partial charge in [0.25, 0.3) is 0 Å². The zero-order valence-corrected chi connectivity index (χ0v) is 9.39. The molecule has 0 saturated heterocycles. The highest BCUT2D eigenvalue weighted by molar-refractivity contribution is 6.32. The van der Waals surface area contributed by atoms with Crippen LogP contribution >= 0.6 is 0 Å². The fourth-order valence-electron chi connectivity index (χ4n) is 1.30. The average molecular weight is 230 g/mol. The molecular formula is C13H15BO3. The number of hydrogen-bond donors (Lipinski definition) is 0. The summed E-state index contributed by atoms with van der Waals surface area (Å²) < 4.78 is 5.59. The molecule has 2 aromatic carbocycles.